The van der Waals surface area contributed by atoms with E-state index < -0.39 is 0 Å². The first-order valence-corrected chi connectivity index (χ1v) is 7.30. The van der Waals surface area contributed by atoms with Gasteiger partial charge in [-0.3, -0.25) is 9.98 Å². The fourth-order valence-electron chi connectivity index (χ4n) is 3.21. The predicted octanol–water partition coefficient (Wildman–Crippen LogP) is 3.00. The molecule has 2 unspecified atom stereocenters. The van der Waals surface area contributed by atoms with Crippen LogP contribution in [0.25, 0.3) is 10.9 Å². The van der Waals surface area contributed by atoms with Gasteiger partial charge in [-0.25, -0.2) is 0 Å². The molecule has 1 N–H and O–H groups in total. The van der Waals surface area contributed by atoms with Gasteiger partial charge in [-0.2, -0.15) is 0 Å². The van der Waals surface area contributed by atoms with E-state index in [0.29, 0.717) is 5.92 Å². The Kier molecular flexibility index (Phi) is 3.79. The van der Waals surface area contributed by atoms with Crippen molar-refractivity contribution in [1.82, 2.24) is 10.3 Å². The van der Waals surface area contributed by atoms with Crippen LogP contribution in [0.3, 0.4) is 0 Å². The van der Waals surface area contributed by atoms with E-state index in [-0.39, 0.29) is 0 Å². The quantitative estimate of drug-likeness (QED) is 0.849. The van der Waals surface area contributed by atoms with E-state index >= 15 is 0 Å². The van der Waals surface area contributed by atoms with Crippen molar-refractivity contribution in [2.75, 3.05) is 20.1 Å². The lowest BCUT2D eigenvalue weighted by Gasteiger charge is -2.29. The second kappa shape index (κ2) is 5.71. The Morgan fingerprint density at radius 3 is 3.00 bits per heavy atom. The number of benzene rings is 1. The molecule has 0 saturated carbocycles. The summed E-state index contributed by atoms with van der Waals surface area (Å²) in [4.78, 5) is 8.70. The summed E-state index contributed by atoms with van der Waals surface area (Å²) in [7, 11) is 1.80. The lowest BCUT2D eigenvalue weighted by atomic mass is 9.84. The summed E-state index contributed by atoms with van der Waals surface area (Å²) in [5.74, 6) is 1.32. The maximum atomic E-state index is 4.56. The number of aromatic nitrogens is 1. The molecule has 0 spiro atoms. The zero-order valence-corrected chi connectivity index (χ0v) is 12.1. The molecule has 3 rings (SSSR count). The summed E-state index contributed by atoms with van der Waals surface area (Å²) in [6, 6.07) is 8.62. The molecular weight excluding hydrogens is 246 g/mol. The molecule has 20 heavy (non-hydrogen) atoms. The van der Waals surface area contributed by atoms with Gasteiger partial charge in [0.2, 0.25) is 0 Å². The Balaban J connectivity index is 2.10. The minimum absolute atomic E-state index is 0.582. The lowest BCUT2D eigenvalue weighted by Crippen LogP contribution is -2.33. The molecule has 2 heterocycles. The molecule has 1 aromatic heterocycles. The first kappa shape index (κ1) is 13.3. The van der Waals surface area contributed by atoms with Gasteiger partial charge in [0.15, 0.2) is 0 Å². The van der Waals surface area contributed by atoms with Crippen LogP contribution in [0.5, 0.6) is 0 Å². The van der Waals surface area contributed by atoms with Crippen molar-refractivity contribution >= 4 is 17.1 Å². The monoisotopic (exact) mass is 267 g/mol. The van der Waals surface area contributed by atoms with Crippen LogP contribution in [0.2, 0.25) is 0 Å². The van der Waals surface area contributed by atoms with Gasteiger partial charge < -0.3 is 5.32 Å². The number of hydrogen-bond donors (Lipinski definition) is 1. The first-order valence-electron chi connectivity index (χ1n) is 7.30. The van der Waals surface area contributed by atoms with E-state index in [4.69, 9.17) is 0 Å². The van der Waals surface area contributed by atoms with Crippen molar-refractivity contribution < 1.29 is 0 Å². The smallest absolute Gasteiger partial charge is 0.0792 e. The van der Waals surface area contributed by atoms with E-state index in [9.17, 15) is 0 Å². The molecule has 2 atom stereocenters. The van der Waals surface area contributed by atoms with Gasteiger partial charge >= 0.3 is 0 Å². The average molecular weight is 267 g/mol. The summed E-state index contributed by atoms with van der Waals surface area (Å²) >= 11 is 0. The van der Waals surface area contributed by atoms with Gasteiger partial charge in [-0.15, -0.1) is 0 Å². The van der Waals surface area contributed by atoms with Gasteiger partial charge in [0.05, 0.1) is 5.52 Å². The standard InChI is InChI=1S/C17H21N3/c1-12-8-14(11-19-9-12)15-6-5-13(10-18-2)17-16(15)4-3-7-20-17/h3-7,10,12,14,19H,8-9,11H2,1-2H3/b18-10+. The highest BCUT2D eigenvalue weighted by Gasteiger charge is 2.22. The second-order valence-electron chi connectivity index (χ2n) is 5.73. The van der Waals surface area contributed by atoms with E-state index in [0.717, 1.165) is 30.1 Å². The molecule has 1 saturated heterocycles. The number of fused-ring (bicyclic) bond motifs is 1. The largest absolute Gasteiger partial charge is 0.316 e. The van der Waals surface area contributed by atoms with Crippen LogP contribution in [0.15, 0.2) is 35.5 Å². The van der Waals surface area contributed by atoms with Gasteiger partial charge in [0.1, 0.15) is 0 Å². The van der Waals surface area contributed by atoms with Crippen LogP contribution in [0, 0.1) is 5.92 Å². The van der Waals surface area contributed by atoms with E-state index in [1.165, 1.54) is 17.4 Å². The van der Waals surface area contributed by atoms with Gasteiger partial charge in [0, 0.05) is 37.0 Å². The SMILES string of the molecule is C/N=C/c1ccc(C2CNCC(C)C2)c2cccnc12. The number of nitrogens with one attached hydrogen (secondary N) is 1. The molecule has 1 aliphatic heterocycles. The zero-order chi connectivity index (χ0) is 13.9. The predicted molar refractivity (Wildman–Crippen MR) is 84.7 cm³/mol. The molecule has 0 radical (unpaired) electrons. The van der Waals surface area contributed by atoms with E-state index in [1.54, 1.807) is 7.05 Å². The van der Waals surface area contributed by atoms with E-state index in [2.05, 4.69) is 40.4 Å². The third-order valence-corrected chi connectivity index (χ3v) is 4.11. The van der Waals surface area contributed by atoms with Gasteiger partial charge in [0.25, 0.3) is 0 Å². The van der Waals surface area contributed by atoms with Gasteiger partial charge in [-0.05, 0) is 36.4 Å². The van der Waals surface area contributed by atoms with Crippen LogP contribution in [-0.4, -0.2) is 31.3 Å². The third kappa shape index (κ3) is 2.46. The fourth-order valence-corrected chi connectivity index (χ4v) is 3.21. The molecule has 1 fully saturated rings. The molecule has 3 heteroatoms. The Morgan fingerprint density at radius 2 is 2.20 bits per heavy atom. The van der Waals surface area contributed by atoms with Crippen LogP contribution in [-0.2, 0) is 0 Å². The highest BCUT2D eigenvalue weighted by molar-refractivity contribution is 5.98. The third-order valence-electron chi connectivity index (χ3n) is 4.11. The Labute approximate surface area is 120 Å². The molecule has 2 aromatic rings. The summed E-state index contributed by atoms with van der Waals surface area (Å²) in [6.07, 6.45) is 5.00. The topological polar surface area (TPSA) is 37.3 Å². The normalized spacial score (nSPS) is 23.5. The maximum Gasteiger partial charge on any atom is 0.0792 e. The van der Waals surface area contributed by atoms with Crippen molar-refractivity contribution in [2.24, 2.45) is 10.9 Å². The molecule has 0 bridgehead atoms. The van der Waals surface area contributed by atoms with Gasteiger partial charge in [-0.1, -0.05) is 25.1 Å². The van der Waals surface area contributed by atoms with Crippen LogP contribution in [0.4, 0.5) is 0 Å². The summed E-state index contributed by atoms with van der Waals surface area (Å²) in [6.45, 7) is 4.51. The van der Waals surface area contributed by atoms with Crippen molar-refractivity contribution in [1.29, 1.82) is 0 Å². The number of rotatable bonds is 2. The highest BCUT2D eigenvalue weighted by Crippen LogP contribution is 2.32. The number of hydrogen-bond acceptors (Lipinski definition) is 3. The second-order valence-corrected chi connectivity index (χ2v) is 5.73. The summed E-state index contributed by atoms with van der Waals surface area (Å²) in [5, 5.41) is 4.81. The molecule has 0 amide bonds. The molecule has 0 aliphatic carbocycles. The van der Waals surface area contributed by atoms with E-state index in [1.807, 2.05) is 18.5 Å². The Hall–Kier alpha value is -1.74. The number of nitrogens with zero attached hydrogens (tertiary/aromatic N) is 2. The molecule has 104 valence electrons. The molecule has 1 aromatic carbocycles. The fraction of sp³-hybridized carbons (Fsp3) is 0.412. The molecular formula is C17H21N3. The lowest BCUT2D eigenvalue weighted by molar-refractivity contribution is 0.365. The number of piperidine rings is 1. The summed E-state index contributed by atoms with van der Waals surface area (Å²) in [5.41, 5.74) is 3.58. The Morgan fingerprint density at radius 1 is 1.30 bits per heavy atom. The maximum absolute atomic E-state index is 4.56. The minimum Gasteiger partial charge on any atom is -0.316 e. The van der Waals surface area contributed by atoms with Crippen molar-refractivity contribution in [3.05, 3.63) is 41.6 Å². The van der Waals surface area contributed by atoms with Crippen molar-refractivity contribution in [2.45, 2.75) is 19.3 Å². The van der Waals surface area contributed by atoms with Crippen LogP contribution in [0.1, 0.15) is 30.4 Å². The molecule has 3 nitrogen and oxygen atoms in total. The minimum atomic E-state index is 0.582. The van der Waals surface area contributed by atoms with Crippen molar-refractivity contribution in [3.63, 3.8) is 0 Å². The summed E-state index contributed by atoms with van der Waals surface area (Å²) < 4.78 is 0. The average Bonchev–Trinajstić information content (AvgIpc) is 2.48. The van der Waals surface area contributed by atoms with Crippen LogP contribution < -0.4 is 5.32 Å². The first-order chi connectivity index (χ1) is 9.79. The van der Waals surface area contributed by atoms with Crippen molar-refractivity contribution in [3.8, 4) is 0 Å². The highest BCUT2D eigenvalue weighted by atomic mass is 14.9. The Bertz CT molecular complexity index is 633. The molecule has 1 aliphatic rings. The number of pyridine rings is 1. The van der Waals surface area contributed by atoms with Crippen LogP contribution >= 0.6 is 0 Å². The number of aliphatic imine (C=N–C) groups is 1. The zero-order valence-electron chi connectivity index (χ0n) is 12.1.